The number of ether oxygens (including phenoxy) is 3. The van der Waals surface area contributed by atoms with E-state index in [4.69, 9.17) is 19.5 Å². The van der Waals surface area contributed by atoms with E-state index < -0.39 is 54.2 Å². The highest BCUT2D eigenvalue weighted by molar-refractivity contribution is 5.86. The minimum Gasteiger partial charge on any atom is -0.488 e. The molecule has 1 atom stereocenters. The fraction of sp³-hybridized carbons (Fsp3) is 0.231. The first-order valence-electron chi connectivity index (χ1n) is 11.3. The van der Waals surface area contributed by atoms with E-state index in [-0.39, 0.29) is 18.0 Å². The van der Waals surface area contributed by atoms with Gasteiger partial charge in [0.25, 0.3) is 5.72 Å². The summed E-state index contributed by atoms with van der Waals surface area (Å²) in [6.45, 7) is -1.92. The maximum atomic E-state index is 14.3. The number of anilines is 2. The standard InChI is InChI=1S/C26H19F6N3O4/c27-25(28,29)22-14-19(9-6-17(22)15-33)35-12-13-38-24(35,26(30,31)32)16-37-20-10-7-18(8-11-20)34-23(36)39-21-4-2-1-3-5-21/h1-11,14H,12-13,16H2,(H,34,36). The summed E-state index contributed by atoms with van der Waals surface area (Å²) < 4.78 is 98.9. The number of benzene rings is 3. The normalized spacial score (nSPS) is 17.4. The summed E-state index contributed by atoms with van der Waals surface area (Å²) in [5.74, 6) is 0.282. The van der Waals surface area contributed by atoms with Crippen molar-refractivity contribution in [2.75, 3.05) is 30.0 Å². The van der Waals surface area contributed by atoms with E-state index in [2.05, 4.69) is 5.32 Å². The van der Waals surface area contributed by atoms with Gasteiger partial charge in [-0.25, -0.2) is 4.79 Å². The predicted molar refractivity (Wildman–Crippen MR) is 126 cm³/mol. The van der Waals surface area contributed by atoms with Gasteiger partial charge in [-0.15, -0.1) is 0 Å². The summed E-state index contributed by atoms with van der Waals surface area (Å²) in [7, 11) is 0. The van der Waals surface area contributed by atoms with Crippen molar-refractivity contribution >= 4 is 17.5 Å². The molecular formula is C26H19F6N3O4. The van der Waals surface area contributed by atoms with E-state index in [1.54, 1.807) is 30.3 Å². The van der Waals surface area contributed by atoms with Crippen LogP contribution in [0.25, 0.3) is 0 Å². The average Bonchev–Trinajstić information content (AvgIpc) is 3.33. The van der Waals surface area contributed by atoms with Gasteiger partial charge in [-0.05, 0) is 54.6 Å². The summed E-state index contributed by atoms with van der Waals surface area (Å²) >= 11 is 0. The van der Waals surface area contributed by atoms with E-state index in [1.165, 1.54) is 30.3 Å². The zero-order valence-corrected chi connectivity index (χ0v) is 19.8. The minimum absolute atomic E-state index is 0.0214. The number of amides is 1. The fourth-order valence-corrected chi connectivity index (χ4v) is 3.92. The molecule has 0 radical (unpaired) electrons. The van der Waals surface area contributed by atoms with E-state index in [1.807, 2.05) is 0 Å². The van der Waals surface area contributed by atoms with Crippen molar-refractivity contribution < 1.29 is 45.3 Å². The molecule has 1 aliphatic rings. The fourth-order valence-electron chi connectivity index (χ4n) is 3.92. The van der Waals surface area contributed by atoms with Crippen LogP contribution in [0.15, 0.2) is 72.8 Å². The van der Waals surface area contributed by atoms with Crippen LogP contribution in [0.1, 0.15) is 11.1 Å². The van der Waals surface area contributed by atoms with Gasteiger partial charge in [0.05, 0.1) is 23.8 Å². The van der Waals surface area contributed by atoms with Crippen molar-refractivity contribution in [1.29, 1.82) is 5.26 Å². The smallest absolute Gasteiger partial charge is 0.440 e. The Balaban J connectivity index is 1.51. The third-order valence-corrected chi connectivity index (χ3v) is 5.76. The second kappa shape index (κ2) is 10.7. The summed E-state index contributed by atoms with van der Waals surface area (Å²) in [5.41, 5.74) is -5.34. The van der Waals surface area contributed by atoms with Crippen LogP contribution in [0.3, 0.4) is 0 Å². The third kappa shape index (κ3) is 6.01. The van der Waals surface area contributed by atoms with Crippen LogP contribution >= 0.6 is 0 Å². The van der Waals surface area contributed by atoms with Crippen LogP contribution in [-0.2, 0) is 10.9 Å². The number of halogens is 6. The van der Waals surface area contributed by atoms with Crippen molar-refractivity contribution in [1.82, 2.24) is 0 Å². The van der Waals surface area contributed by atoms with Crippen LogP contribution < -0.4 is 19.7 Å². The molecule has 1 unspecified atom stereocenters. The molecule has 3 aromatic carbocycles. The number of hydrogen-bond acceptors (Lipinski definition) is 6. The second-order valence-electron chi connectivity index (χ2n) is 8.26. The number of para-hydroxylation sites is 1. The van der Waals surface area contributed by atoms with Crippen LogP contribution in [0.5, 0.6) is 11.5 Å². The molecule has 0 aromatic heterocycles. The van der Waals surface area contributed by atoms with E-state index in [0.717, 1.165) is 12.1 Å². The number of carbonyl (C=O) groups excluding carboxylic acids is 1. The first-order chi connectivity index (χ1) is 18.4. The molecule has 7 nitrogen and oxygen atoms in total. The summed E-state index contributed by atoms with van der Waals surface area (Å²) in [5, 5.41) is 11.5. The SMILES string of the molecule is N#Cc1ccc(N2CCOC2(COc2ccc(NC(=O)Oc3ccccc3)cc2)C(F)(F)F)cc1C(F)(F)F. The van der Waals surface area contributed by atoms with Gasteiger partial charge in [-0.1, -0.05) is 18.2 Å². The molecule has 0 bridgehead atoms. The number of rotatable bonds is 6. The zero-order valence-electron chi connectivity index (χ0n) is 19.8. The molecule has 1 aliphatic heterocycles. The highest BCUT2D eigenvalue weighted by Gasteiger charge is 2.64. The molecule has 0 spiro atoms. The van der Waals surface area contributed by atoms with Gasteiger partial charge in [0.15, 0.2) is 0 Å². The molecule has 1 fully saturated rings. The van der Waals surface area contributed by atoms with Gasteiger partial charge >= 0.3 is 18.4 Å². The Morgan fingerprint density at radius 3 is 2.31 bits per heavy atom. The lowest BCUT2D eigenvalue weighted by molar-refractivity contribution is -0.269. The monoisotopic (exact) mass is 551 g/mol. The molecule has 13 heteroatoms. The third-order valence-electron chi connectivity index (χ3n) is 5.76. The van der Waals surface area contributed by atoms with Crippen LogP contribution in [0, 0.1) is 11.3 Å². The topological polar surface area (TPSA) is 83.8 Å². The summed E-state index contributed by atoms with van der Waals surface area (Å²) in [6.07, 6.45) is -10.8. The molecule has 1 N–H and O–H groups in total. The van der Waals surface area contributed by atoms with Crippen molar-refractivity contribution in [3.8, 4) is 17.6 Å². The molecule has 1 heterocycles. The van der Waals surface area contributed by atoms with E-state index >= 15 is 0 Å². The van der Waals surface area contributed by atoms with Crippen molar-refractivity contribution in [3.63, 3.8) is 0 Å². The van der Waals surface area contributed by atoms with Crippen molar-refractivity contribution in [2.24, 2.45) is 0 Å². The lowest BCUT2D eigenvalue weighted by atomic mass is 10.0. The van der Waals surface area contributed by atoms with Gasteiger partial charge in [0.1, 0.15) is 18.1 Å². The highest BCUT2D eigenvalue weighted by atomic mass is 19.4. The first-order valence-corrected chi connectivity index (χ1v) is 11.3. The molecule has 204 valence electrons. The number of hydrogen-bond donors (Lipinski definition) is 1. The molecule has 0 saturated carbocycles. The first kappa shape index (κ1) is 27.6. The Labute approximate surface area is 218 Å². The number of nitrogens with zero attached hydrogens (tertiary/aromatic N) is 2. The minimum atomic E-state index is -5.07. The molecule has 1 amide bonds. The van der Waals surface area contributed by atoms with Crippen molar-refractivity contribution in [3.05, 3.63) is 83.9 Å². The highest BCUT2D eigenvalue weighted by Crippen LogP contribution is 2.44. The van der Waals surface area contributed by atoms with Crippen LogP contribution in [0.2, 0.25) is 0 Å². The Morgan fingerprint density at radius 2 is 1.69 bits per heavy atom. The van der Waals surface area contributed by atoms with Crippen molar-refractivity contribution in [2.45, 2.75) is 18.1 Å². The lowest BCUT2D eigenvalue weighted by Crippen LogP contribution is -2.60. The maximum absolute atomic E-state index is 14.3. The van der Waals surface area contributed by atoms with Gasteiger partial charge in [-0.3, -0.25) is 5.32 Å². The molecule has 39 heavy (non-hydrogen) atoms. The predicted octanol–water partition coefficient (Wildman–Crippen LogP) is 6.36. The summed E-state index contributed by atoms with van der Waals surface area (Å²) in [4.78, 5) is 12.7. The molecular weight excluding hydrogens is 532 g/mol. The Bertz CT molecular complexity index is 1360. The van der Waals surface area contributed by atoms with E-state index in [0.29, 0.717) is 16.7 Å². The quantitative estimate of drug-likeness (QED) is 0.359. The number of nitrogens with one attached hydrogen (secondary N) is 1. The Hall–Kier alpha value is -4.44. The number of nitriles is 1. The Kier molecular flexibility index (Phi) is 7.60. The molecule has 1 saturated heterocycles. The zero-order chi connectivity index (χ0) is 28.3. The van der Waals surface area contributed by atoms with Gasteiger partial charge in [0.2, 0.25) is 0 Å². The largest absolute Gasteiger partial charge is 0.488 e. The van der Waals surface area contributed by atoms with Gasteiger partial charge < -0.3 is 19.1 Å². The number of alkyl halides is 6. The van der Waals surface area contributed by atoms with E-state index in [9.17, 15) is 31.1 Å². The van der Waals surface area contributed by atoms with Crippen LogP contribution in [-0.4, -0.2) is 37.8 Å². The number of carbonyl (C=O) groups is 1. The van der Waals surface area contributed by atoms with Gasteiger partial charge in [0, 0.05) is 17.9 Å². The Morgan fingerprint density at radius 1 is 1.00 bits per heavy atom. The van der Waals surface area contributed by atoms with Crippen LogP contribution in [0.4, 0.5) is 42.5 Å². The molecule has 4 rings (SSSR count). The molecule has 3 aromatic rings. The maximum Gasteiger partial charge on any atom is 0.440 e. The lowest BCUT2D eigenvalue weighted by Gasteiger charge is -2.39. The molecule has 0 aliphatic carbocycles. The second-order valence-corrected chi connectivity index (χ2v) is 8.26. The summed E-state index contributed by atoms with van der Waals surface area (Å²) in [6, 6.07) is 17.3. The average molecular weight is 551 g/mol. The van der Waals surface area contributed by atoms with Gasteiger partial charge in [-0.2, -0.15) is 31.6 Å².